The first-order valence-corrected chi connectivity index (χ1v) is 12.4. The van der Waals surface area contributed by atoms with Gasteiger partial charge >= 0.3 is 0 Å². The van der Waals surface area contributed by atoms with E-state index in [0.717, 1.165) is 27.1 Å². The topological polar surface area (TPSA) is 59.8 Å². The fourth-order valence-corrected chi connectivity index (χ4v) is 5.30. The molecule has 0 radical (unpaired) electrons. The molecule has 1 aliphatic rings. The molecule has 0 aliphatic carbocycles. The molecule has 35 heavy (non-hydrogen) atoms. The number of rotatable bonds is 7. The number of pyridine rings is 1. The zero-order valence-electron chi connectivity index (χ0n) is 19.0. The van der Waals surface area contributed by atoms with Gasteiger partial charge in [-0.1, -0.05) is 29.4 Å². The summed E-state index contributed by atoms with van der Waals surface area (Å²) in [6.07, 6.45) is 1.77. The summed E-state index contributed by atoms with van der Waals surface area (Å²) in [4.78, 5) is 7.63. The van der Waals surface area contributed by atoms with Crippen molar-refractivity contribution in [1.82, 2.24) is 10.3 Å². The van der Waals surface area contributed by atoms with Crippen molar-refractivity contribution >= 4 is 46.4 Å². The first kappa shape index (κ1) is 23.5. The third-order valence-corrected chi connectivity index (χ3v) is 7.16. The van der Waals surface area contributed by atoms with Crippen LogP contribution in [0.3, 0.4) is 0 Å². The van der Waals surface area contributed by atoms with Crippen LogP contribution in [0.15, 0.2) is 93.4 Å². The molecule has 6 nitrogen and oxygen atoms in total. The Morgan fingerprint density at radius 1 is 1.03 bits per heavy atom. The molecule has 1 fully saturated rings. The number of anilines is 1. The Kier molecular flexibility index (Phi) is 6.86. The van der Waals surface area contributed by atoms with Gasteiger partial charge in [0.1, 0.15) is 23.3 Å². The number of ether oxygens (including phenoxy) is 2. The average molecular weight is 524 g/mol. The number of hydrogen-bond donors (Lipinski definition) is 1. The molecule has 0 unspecified atom stereocenters. The number of methoxy groups -OCH3 is 2. The number of benzene rings is 2. The predicted molar refractivity (Wildman–Crippen MR) is 142 cm³/mol. The number of thiocarbonyl (C=S) groups is 1. The third-order valence-electron chi connectivity index (χ3n) is 5.67. The number of furan rings is 1. The summed E-state index contributed by atoms with van der Waals surface area (Å²) in [5.74, 6) is 2.11. The monoisotopic (exact) mass is 523 g/mol. The maximum absolute atomic E-state index is 6.37. The van der Waals surface area contributed by atoms with E-state index < -0.39 is 0 Å². The Labute approximate surface area is 218 Å². The molecular weight excluding hydrogens is 502 g/mol. The Morgan fingerprint density at radius 3 is 2.57 bits per heavy atom. The lowest BCUT2D eigenvalue weighted by Crippen LogP contribution is -2.29. The average Bonchev–Trinajstić information content (AvgIpc) is 3.49. The fraction of sp³-hybridized carbons (Fsp3) is 0.154. The second-order valence-corrected chi connectivity index (χ2v) is 9.65. The minimum Gasteiger partial charge on any atom is -0.497 e. The molecule has 0 spiro atoms. The highest BCUT2D eigenvalue weighted by atomic mass is 35.5. The molecule has 1 N–H and O–H groups in total. The Hall–Kier alpha value is -3.20. The van der Waals surface area contributed by atoms with Gasteiger partial charge in [0, 0.05) is 22.2 Å². The molecule has 5 rings (SSSR count). The van der Waals surface area contributed by atoms with Gasteiger partial charge in [0.15, 0.2) is 10.2 Å². The van der Waals surface area contributed by atoms with Gasteiger partial charge < -0.3 is 24.1 Å². The lowest BCUT2D eigenvalue weighted by atomic mass is 10.0. The second kappa shape index (κ2) is 10.2. The Bertz CT molecular complexity index is 1330. The first-order valence-electron chi connectivity index (χ1n) is 10.8. The van der Waals surface area contributed by atoms with E-state index in [0.29, 0.717) is 21.6 Å². The summed E-state index contributed by atoms with van der Waals surface area (Å²) in [7, 11) is 3.27. The number of halogens is 1. The van der Waals surface area contributed by atoms with Crippen molar-refractivity contribution < 1.29 is 13.9 Å². The summed E-state index contributed by atoms with van der Waals surface area (Å²) in [5, 5.41) is 5.44. The molecule has 0 saturated carbocycles. The van der Waals surface area contributed by atoms with Gasteiger partial charge in [-0.25, -0.2) is 0 Å². The Balaban J connectivity index is 1.57. The minimum atomic E-state index is -0.307. The quantitative estimate of drug-likeness (QED) is 0.269. The lowest BCUT2D eigenvalue weighted by Gasteiger charge is -2.27. The summed E-state index contributed by atoms with van der Waals surface area (Å²) in [6.45, 7) is 0. The highest BCUT2D eigenvalue weighted by Crippen LogP contribution is 2.46. The van der Waals surface area contributed by atoms with Gasteiger partial charge in [0.25, 0.3) is 0 Å². The fourth-order valence-electron chi connectivity index (χ4n) is 4.06. The maximum Gasteiger partial charge on any atom is 0.174 e. The van der Waals surface area contributed by atoms with E-state index in [1.165, 1.54) is 11.8 Å². The van der Waals surface area contributed by atoms with Gasteiger partial charge in [-0.15, -0.1) is 0 Å². The zero-order valence-corrected chi connectivity index (χ0v) is 21.4. The third kappa shape index (κ3) is 4.82. The van der Waals surface area contributed by atoms with Gasteiger partial charge in [-0.05, 0) is 72.9 Å². The summed E-state index contributed by atoms with van der Waals surface area (Å²) < 4.78 is 17.5. The molecular formula is C26H22ClN3O3S2. The lowest BCUT2D eigenvalue weighted by molar-refractivity contribution is 0.379. The van der Waals surface area contributed by atoms with E-state index in [4.69, 9.17) is 37.7 Å². The van der Waals surface area contributed by atoms with E-state index in [1.54, 1.807) is 20.4 Å². The SMILES string of the molecule is COc1ccc(OC)c(N2C(=S)N[C@H](c3ccccn3)[C@H]2c2ccc(Sc3ccc(Cl)cc3)o2)c1. The molecule has 2 aromatic heterocycles. The van der Waals surface area contributed by atoms with E-state index in [2.05, 4.69) is 10.3 Å². The molecule has 178 valence electrons. The number of hydrogen-bond acceptors (Lipinski definition) is 6. The van der Waals surface area contributed by atoms with Crippen LogP contribution in [0.2, 0.25) is 5.02 Å². The molecule has 1 saturated heterocycles. The van der Waals surface area contributed by atoms with E-state index >= 15 is 0 Å². The van der Waals surface area contributed by atoms with Crippen molar-refractivity contribution in [3.8, 4) is 11.5 Å². The van der Waals surface area contributed by atoms with Crippen molar-refractivity contribution in [2.24, 2.45) is 0 Å². The molecule has 3 heterocycles. The smallest absolute Gasteiger partial charge is 0.174 e. The van der Waals surface area contributed by atoms with Crippen LogP contribution in [0.1, 0.15) is 23.5 Å². The standard InChI is InChI=1S/C26H22ClN3O3S2/c1-31-17-8-11-21(32-2)20(15-17)30-25(24(29-26(30)34)19-5-3-4-14-28-19)22-12-13-23(33-22)35-18-9-6-16(27)7-10-18/h3-15,24-25H,1-2H3,(H,29,34)/t24-,25-/m1/s1. The van der Waals surface area contributed by atoms with Crippen LogP contribution in [0.25, 0.3) is 0 Å². The normalized spacial score (nSPS) is 17.3. The zero-order chi connectivity index (χ0) is 24.4. The molecule has 0 amide bonds. The molecule has 4 aromatic rings. The van der Waals surface area contributed by atoms with Crippen LogP contribution in [-0.2, 0) is 0 Å². The number of nitrogens with one attached hydrogen (secondary N) is 1. The van der Waals surface area contributed by atoms with Gasteiger partial charge in [0.05, 0.1) is 31.6 Å². The van der Waals surface area contributed by atoms with E-state index in [-0.39, 0.29) is 12.1 Å². The van der Waals surface area contributed by atoms with Crippen molar-refractivity contribution in [2.45, 2.75) is 22.1 Å². The largest absolute Gasteiger partial charge is 0.497 e. The van der Waals surface area contributed by atoms with Crippen molar-refractivity contribution in [2.75, 3.05) is 19.1 Å². The summed E-state index contributed by atoms with van der Waals surface area (Å²) >= 11 is 13.4. The van der Waals surface area contributed by atoms with Crippen LogP contribution < -0.4 is 19.7 Å². The van der Waals surface area contributed by atoms with E-state index in [1.807, 2.05) is 77.7 Å². The minimum absolute atomic E-state index is 0.237. The van der Waals surface area contributed by atoms with Crippen LogP contribution in [0.5, 0.6) is 11.5 Å². The van der Waals surface area contributed by atoms with Crippen LogP contribution in [0, 0.1) is 0 Å². The van der Waals surface area contributed by atoms with Gasteiger partial charge in [-0.2, -0.15) is 0 Å². The summed E-state index contributed by atoms with van der Waals surface area (Å²) in [6, 6.07) is 22.5. The first-order chi connectivity index (χ1) is 17.1. The highest BCUT2D eigenvalue weighted by molar-refractivity contribution is 7.99. The molecule has 9 heteroatoms. The van der Waals surface area contributed by atoms with Gasteiger partial charge in [0.2, 0.25) is 0 Å². The highest BCUT2D eigenvalue weighted by Gasteiger charge is 2.43. The second-order valence-electron chi connectivity index (χ2n) is 7.75. The summed E-state index contributed by atoms with van der Waals surface area (Å²) in [5.41, 5.74) is 1.63. The maximum atomic E-state index is 6.37. The molecule has 2 aromatic carbocycles. The number of nitrogens with zero attached hydrogens (tertiary/aromatic N) is 2. The van der Waals surface area contributed by atoms with Gasteiger partial charge in [-0.3, -0.25) is 4.98 Å². The van der Waals surface area contributed by atoms with Crippen LogP contribution in [0.4, 0.5) is 5.69 Å². The van der Waals surface area contributed by atoms with Crippen molar-refractivity contribution in [3.63, 3.8) is 0 Å². The predicted octanol–water partition coefficient (Wildman–Crippen LogP) is 6.67. The number of aromatic nitrogens is 1. The van der Waals surface area contributed by atoms with Crippen LogP contribution in [-0.4, -0.2) is 24.3 Å². The van der Waals surface area contributed by atoms with Crippen molar-refractivity contribution in [3.05, 3.63) is 95.5 Å². The molecule has 1 aliphatic heterocycles. The molecule has 2 atom stereocenters. The Morgan fingerprint density at radius 2 is 1.86 bits per heavy atom. The van der Waals surface area contributed by atoms with E-state index in [9.17, 15) is 0 Å². The molecule has 0 bridgehead atoms. The van der Waals surface area contributed by atoms with Crippen LogP contribution >= 0.6 is 35.6 Å². The van der Waals surface area contributed by atoms with Crippen molar-refractivity contribution in [1.29, 1.82) is 0 Å².